The summed E-state index contributed by atoms with van der Waals surface area (Å²) in [5.41, 5.74) is 4.42. The Kier molecular flexibility index (Phi) is 8.94. The Bertz CT molecular complexity index is 321. The van der Waals surface area contributed by atoms with Gasteiger partial charge >= 0.3 is 7.60 Å². The lowest BCUT2D eigenvalue weighted by atomic mass is 10.2. The zero-order valence-corrected chi connectivity index (χ0v) is 12.9. The third-order valence-corrected chi connectivity index (χ3v) is 6.44. The lowest BCUT2D eigenvalue weighted by Crippen LogP contribution is -2.10. The molecule has 17 heavy (non-hydrogen) atoms. The van der Waals surface area contributed by atoms with Gasteiger partial charge in [-0.05, 0) is 24.2 Å². The predicted molar refractivity (Wildman–Crippen MR) is 74.7 cm³/mol. The van der Waals surface area contributed by atoms with Crippen molar-refractivity contribution in [3.05, 3.63) is 0 Å². The zero-order chi connectivity index (χ0) is 13.5. The van der Waals surface area contributed by atoms with Crippen LogP contribution in [-0.2, 0) is 13.7 Å². The quantitative estimate of drug-likeness (QED) is 0.460. The summed E-state index contributed by atoms with van der Waals surface area (Å²) in [5, 5.41) is 0. The van der Waals surface area contributed by atoms with E-state index in [2.05, 4.69) is 12.2 Å². The molecule has 0 aliphatic carbocycles. The average molecular weight is 321 g/mol. The Labute approximate surface area is 110 Å². The van der Waals surface area contributed by atoms with Gasteiger partial charge in [-0.3, -0.25) is 9.13 Å². The molecule has 0 aromatic rings. The van der Waals surface area contributed by atoms with Gasteiger partial charge in [-0.25, -0.2) is 0 Å². The third-order valence-electron chi connectivity index (χ3n) is 1.95. The van der Waals surface area contributed by atoms with Crippen LogP contribution < -0.4 is 5.73 Å². The lowest BCUT2D eigenvalue weighted by molar-refractivity contribution is 0.303. The van der Waals surface area contributed by atoms with E-state index in [-0.39, 0.29) is 17.3 Å². The van der Waals surface area contributed by atoms with Crippen molar-refractivity contribution < 1.29 is 23.4 Å². The fourth-order valence-corrected chi connectivity index (χ4v) is 4.28. The van der Waals surface area contributed by atoms with Gasteiger partial charge in [0.1, 0.15) is 4.32 Å². The zero-order valence-electron chi connectivity index (χ0n) is 9.37. The largest absolute Gasteiger partial charge is 0.384 e. The highest BCUT2D eigenvalue weighted by Crippen LogP contribution is 2.46. The van der Waals surface area contributed by atoms with Gasteiger partial charge in [-0.2, -0.15) is 0 Å². The van der Waals surface area contributed by atoms with Gasteiger partial charge < -0.3 is 20.0 Å². The number of nitrogens with two attached hydrogens (primary N) is 1. The van der Waals surface area contributed by atoms with E-state index in [1.165, 1.54) is 0 Å². The van der Waals surface area contributed by atoms with Crippen LogP contribution in [0.3, 0.4) is 0 Å². The fraction of sp³-hybridized carbons (Fsp3) is 0.857. The highest BCUT2D eigenvalue weighted by molar-refractivity contribution is 8.61. The highest BCUT2D eigenvalue weighted by Gasteiger charge is 2.27. The van der Waals surface area contributed by atoms with Gasteiger partial charge in [0.25, 0.3) is 7.23 Å². The monoisotopic (exact) mass is 321 g/mol. The van der Waals surface area contributed by atoms with Crippen LogP contribution in [0.1, 0.15) is 26.2 Å². The molecule has 102 valence electrons. The third kappa shape index (κ3) is 9.19. The molecule has 0 aliphatic rings. The van der Waals surface area contributed by atoms with Crippen molar-refractivity contribution in [3.8, 4) is 0 Å². The molecular formula is C7H17NO5P2S2. The Morgan fingerprint density at radius 3 is 2.59 bits per heavy atom. The van der Waals surface area contributed by atoms with Crippen LogP contribution in [0.5, 0.6) is 0 Å². The molecule has 0 heterocycles. The second kappa shape index (κ2) is 8.64. The summed E-state index contributed by atoms with van der Waals surface area (Å²) in [6.07, 6.45) is 1.26. The molecule has 0 bridgehead atoms. The summed E-state index contributed by atoms with van der Waals surface area (Å²) in [7, 11) is -6.50. The molecule has 4 N–H and O–H groups in total. The topological polar surface area (TPSA) is 110 Å². The van der Waals surface area contributed by atoms with Crippen LogP contribution in [-0.4, -0.2) is 26.4 Å². The molecule has 0 spiro atoms. The first-order chi connectivity index (χ1) is 7.77. The average Bonchev–Trinajstić information content (AvgIpc) is 2.13. The minimum Gasteiger partial charge on any atom is -0.384 e. The van der Waals surface area contributed by atoms with Crippen molar-refractivity contribution in [2.45, 2.75) is 31.8 Å². The van der Waals surface area contributed by atoms with E-state index in [9.17, 15) is 9.13 Å². The van der Waals surface area contributed by atoms with Gasteiger partial charge in [0, 0.05) is 0 Å². The molecule has 0 saturated carbocycles. The van der Waals surface area contributed by atoms with Crippen molar-refractivity contribution in [1.82, 2.24) is 0 Å². The number of rotatable bonds is 8. The van der Waals surface area contributed by atoms with E-state index in [4.69, 9.17) is 20.0 Å². The smallest absolute Gasteiger partial charge is 0.328 e. The standard InChI is InChI=1S/C7H17NO5P2S2/c1-2-3-6(15(10,11)12)4-5-13-14(9)17-7(8)16/h6,14H,2-5H2,1H3,(H2,8,16)(H2,10,11,12). The predicted octanol–water partition coefficient (Wildman–Crippen LogP) is 2.11. The number of hydrogen-bond acceptors (Lipinski definition) is 5. The summed E-state index contributed by atoms with van der Waals surface area (Å²) < 4.78 is 27.3. The first-order valence-corrected chi connectivity index (χ1v) is 9.91. The molecule has 0 saturated heterocycles. The Morgan fingerprint density at radius 2 is 2.18 bits per heavy atom. The molecule has 0 amide bonds. The molecule has 0 aliphatic heterocycles. The summed E-state index contributed by atoms with van der Waals surface area (Å²) in [4.78, 5) is 18.1. The van der Waals surface area contributed by atoms with Crippen molar-refractivity contribution >= 4 is 42.7 Å². The molecular weight excluding hydrogens is 304 g/mol. The number of thiocarbonyl (C=S) groups is 1. The summed E-state index contributed by atoms with van der Waals surface area (Å²) in [5.74, 6) is 0. The fourth-order valence-electron chi connectivity index (χ4n) is 1.20. The molecule has 0 aromatic heterocycles. The second-order valence-corrected chi connectivity index (χ2v) is 8.99. The Morgan fingerprint density at radius 1 is 1.59 bits per heavy atom. The van der Waals surface area contributed by atoms with Crippen LogP contribution in [0, 0.1) is 0 Å². The van der Waals surface area contributed by atoms with E-state index < -0.39 is 20.5 Å². The molecule has 2 unspecified atom stereocenters. The Balaban J connectivity index is 4.03. The van der Waals surface area contributed by atoms with E-state index in [0.29, 0.717) is 12.8 Å². The van der Waals surface area contributed by atoms with Gasteiger partial charge in [0.05, 0.1) is 12.3 Å². The maximum atomic E-state index is 11.2. The van der Waals surface area contributed by atoms with E-state index in [0.717, 1.165) is 11.4 Å². The minimum absolute atomic E-state index is 0.0309. The van der Waals surface area contributed by atoms with Crippen LogP contribution in [0.15, 0.2) is 0 Å². The molecule has 0 rings (SSSR count). The van der Waals surface area contributed by atoms with Crippen LogP contribution >= 0.6 is 38.4 Å². The van der Waals surface area contributed by atoms with Gasteiger partial charge in [-0.15, -0.1) is 0 Å². The second-order valence-electron chi connectivity index (χ2n) is 3.34. The van der Waals surface area contributed by atoms with Gasteiger partial charge in [-0.1, -0.05) is 25.6 Å². The van der Waals surface area contributed by atoms with E-state index >= 15 is 0 Å². The van der Waals surface area contributed by atoms with Crippen LogP contribution in [0.25, 0.3) is 0 Å². The molecule has 2 atom stereocenters. The van der Waals surface area contributed by atoms with Gasteiger partial charge in [0.15, 0.2) is 0 Å². The van der Waals surface area contributed by atoms with E-state index in [1.54, 1.807) is 0 Å². The normalized spacial score (nSPS) is 15.5. The molecule has 6 nitrogen and oxygen atoms in total. The SMILES string of the molecule is CCCC(CCO[PH](=O)SC(N)=S)P(=O)(O)O. The van der Waals surface area contributed by atoms with Crippen LogP contribution in [0.2, 0.25) is 0 Å². The van der Waals surface area contributed by atoms with Crippen molar-refractivity contribution in [1.29, 1.82) is 0 Å². The molecule has 0 fully saturated rings. The van der Waals surface area contributed by atoms with E-state index in [1.807, 2.05) is 6.92 Å². The maximum Gasteiger partial charge on any atom is 0.328 e. The first-order valence-electron chi connectivity index (χ1n) is 4.96. The summed E-state index contributed by atoms with van der Waals surface area (Å²) in [6.45, 7) is 1.87. The number of hydrogen-bond donors (Lipinski definition) is 3. The molecule has 0 radical (unpaired) electrons. The Hall–Kier alpha value is 0.580. The first kappa shape index (κ1) is 17.6. The van der Waals surface area contributed by atoms with Crippen molar-refractivity contribution in [2.24, 2.45) is 5.73 Å². The maximum absolute atomic E-state index is 11.2. The van der Waals surface area contributed by atoms with Crippen molar-refractivity contribution in [2.75, 3.05) is 6.61 Å². The minimum atomic E-state index is -4.11. The van der Waals surface area contributed by atoms with Crippen LogP contribution in [0.4, 0.5) is 0 Å². The lowest BCUT2D eigenvalue weighted by Gasteiger charge is -2.17. The van der Waals surface area contributed by atoms with Crippen molar-refractivity contribution in [3.63, 3.8) is 0 Å². The van der Waals surface area contributed by atoms with Gasteiger partial charge in [0.2, 0.25) is 0 Å². The highest BCUT2D eigenvalue weighted by atomic mass is 32.7. The molecule has 10 heteroatoms. The summed E-state index contributed by atoms with van der Waals surface area (Å²) in [6, 6.07) is 0. The summed E-state index contributed by atoms with van der Waals surface area (Å²) >= 11 is 5.30. The molecule has 0 aromatic carbocycles.